The van der Waals surface area contributed by atoms with Gasteiger partial charge in [0.15, 0.2) is 25.0 Å². The lowest BCUT2D eigenvalue weighted by Crippen LogP contribution is -2.52. The average molecular weight is 679 g/mol. The van der Waals surface area contributed by atoms with E-state index in [0.29, 0.717) is 0 Å². The zero-order valence-electron chi connectivity index (χ0n) is 32.6. The fraction of sp³-hybridized carbons (Fsp3) is 0.703. The second-order valence-electron chi connectivity index (χ2n) is 17.4. The number of aliphatic carboxylic acids is 1. The lowest BCUT2D eigenvalue weighted by atomic mass is 10.0. The van der Waals surface area contributed by atoms with Gasteiger partial charge in [-0.2, -0.15) is 0 Å². The van der Waals surface area contributed by atoms with E-state index in [4.69, 9.17) is 18.4 Å². The molecule has 0 unspecified atom stereocenters. The molecule has 0 aliphatic carbocycles. The molecule has 0 aromatic carbocycles. The van der Waals surface area contributed by atoms with Crippen molar-refractivity contribution in [2.45, 2.75) is 169 Å². The molecule has 0 radical (unpaired) electrons. The van der Waals surface area contributed by atoms with Crippen molar-refractivity contribution in [3.63, 3.8) is 0 Å². The van der Waals surface area contributed by atoms with E-state index in [1.807, 2.05) is 32.1 Å². The quantitative estimate of drug-likeness (QED) is 0.106. The lowest BCUT2D eigenvalue weighted by Gasteiger charge is -2.46. The topological polar surface area (TPSA) is 65.0 Å². The molecule has 0 spiro atoms. The molecule has 0 heterocycles. The van der Waals surface area contributed by atoms with Crippen molar-refractivity contribution in [1.29, 1.82) is 0 Å². The highest BCUT2D eigenvalue weighted by atomic mass is 28.4. The van der Waals surface area contributed by atoms with Gasteiger partial charge in [-0.15, -0.1) is 0 Å². The van der Waals surface area contributed by atoms with Gasteiger partial charge in [-0.3, -0.25) is 0 Å². The van der Waals surface area contributed by atoms with Gasteiger partial charge in [-0.1, -0.05) is 115 Å². The van der Waals surface area contributed by atoms with Crippen molar-refractivity contribution in [3.05, 3.63) is 59.3 Å². The van der Waals surface area contributed by atoms with E-state index in [9.17, 15) is 4.79 Å². The molecular formula is C37H70O5Si3. The van der Waals surface area contributed by atoms with Crippen LogP contribution in [0.25, 0.3) is 0 Å². The molecular weight excluding hydrogens is 609 g/mol. The molecule has 0 aromatic rings. The summed E-state index contributed by atoms with van der Waals surface area (Å²) < 4.78 is 21.4. The van der Waals surface area contributed by atoms with Gasteiger partial charge in [-0.25, -0.2) is 4.79 Å². The Hall–Kier alpha value is -1.30. The highest BCUT2D eigenvalue weighted by Gasteiger charge is 2.45. The van der Waals surface area contributed by atoms with Crippen molar-refractivity contribution in [3.8, 4) is 0 Å². The van der Waals surface area contributed by atoms with Gasteiger partial charge < -0.3 is 18.4 Å². The van der Waals surface area contributed by atoms with Gasteiger partial charge in [0, 0.05) is 12.2 Å². The van der Waals surface area contributed by atoms with Crippen molar-refractivity contribution in [1.82, 2.24) is 0 Å². The zero-order valence-corrected chi connectivity index (χ0v) is 35.6. The third-order valence-electron chi connectivity index (χ3n) is 9.81. The van der Waals surface area contributed by atoms with E-state index in [-0.39, 0.29) is 33.4 Å². The molecule has 0 aliphatic rings. The van der Waals surface area contributed by atoms with Crippen molar-refractivity contribution < 1.29 is 23.2 Å². The van der Waals surface area contributed by atoms with Crippen LogP contribution in [0.5, 0.6) is 0 Å². The monoisotopic (exact) mass is 678 g/mol. The molecule has 260 valence electrons. The first-order valence-corrected chi connectivity index (χ1v) is 25.3. The zero-order chi connectivity index (χ0) is 35.8. The Morgan fingerprint density at radius 1 is 0.667 bits per heavy atom. The van der Waals surface area contributed by atoms with Crippen molar-refractivity contribution in [2.75, 3.05) is 0 Å². The summed E-state index contributed by atoms with van der Waals surface area (Å²) in [5.41, 5.74) is 3.03. The van der Waals surface area contributed by atoms with E-state index < -0.39 is 30.9 Å². The second-order valence-corrected chi connectivity index (χ2v) is 31.7. The molecule has 3 atom stereocenters. The van der Waals surface area contributed by atoms with Crippen LogP contribution in [0.3, 0.4) is 0 Å². The standard InChI is InChI=1S/C37H70O5Si3/c1-28(25-30(3)23-24-34(38)39)21-20-22-29(2)26-32(41-44(16,17)36(8,9)10)33(42-45(18,19)37(11,12)13)27-31(4)40-43(14,15)35(5,6)7/h20-26,31-33H,27H2,1-19H3,(H,38,39)/b22-20+,24-23+,28-21+,29-26+,30-25-/t31-,32-,33-/m0/s1. The minimum Gasteiger partial charge on any atom is -0.478 e. The van der Waals surface area contributed by atoms with Gasteiger partial charge in [0.2, 0.25) is 0 Å². The van der Waals surface area contributed by atoms with Crippen molar-refractivity contribution in [2.24, 2.45) is 0 Å². The summed E-state index contributed by atoms with van der Waals surface area (Å²) in [6, 6.07) is 0. The first-order chi connectivity index (χ1) is 19.9. The van der Waals surface area contributed by atoms with Crippen LogP contribution >= 0.6 is 0 Å². The summed E-state index contributed by atoms with van der Waals surface area (Å²) in [5, 5.41) is 9.12. The second kappa shape index (κ2) is 16.7. The lowest BCUT2D eigenvalue weighted by molar-refractivity contribution is -0.131. The maximum Gasteiger partial charge on any atom is 0.328 e. The van der Waals surface area contributed by atoms with Crippen LogP contribution in [0.4, 0.5) is 0 Å². The fourth-order valence-corrected chi connectivity index (χ4v) is 7.97. The third kappa shape index (κ3) is 15.4. The van der Waals surface area contributed by atoms with Crippen LogP contribution < -0.4 is 0 Å². The van der Waals surface area contributed by atoms with Crippen LogP contribution in [0.15, 0.2) is 59.3 Å². The minimum absolute atomic E-state index is 0.0335. The fourth-order valence-electron chi connectivity index (χ4n) is 3.92. The van der Waals surface area contributed by atoms with E-state index >= 15 is 0 Å². The Kier molecular flexibility index (Phi) is 16.2. The Balaban J connectivity index is 6.79. The normalized spacial score (nSPS) is 17.7. The number of allylic oxidation sites excluding steroid dienone is 8. The molecule has 0 bridgehead atoms. The van der Waals surface area contributed by atoms with Crippen LogP contribution in [-0.2, 0) is 18.1 Å². The number of hydrogen-bond acceptors (Lipinski definition) is 4. The van der Waals surface area contributed by atoms with Gasteiger partial charge in [0.05, 0.1) is 12.2 Å². The summed E-state index contributed by atoms with van der Waals surface area (Å²) in [5.74, 6) is -0.948. The van der Waals surface area contributed by atoms with Crippen LogP contribution in [0, 0.1) is 0 Å². The van der Waals surface area contributed by atoms with E-state index in [1.165, 1.54) is 0 Å². The number of hydrogen-bond donors (Lipinski definition) is 1. The van der Waals surface area contributed by atoms with Crippen molar-refractivity contribution >= 4 is 30.9 Å². The Morgan fingerprint density at radius 3 is 1.56 bits per heavy atom. The van der Waals surface area contributed by atoms with E-state index in [0.717, 1.165) is 29.2 Å². The molecule has 0 rings (SSSR count). The van der Waals surface area contributed by atoms with Gasteiger partial charge >= 0.3 is 5.97 Å². The highest BCUT2D eigenvalue weighted by molar-refractivity contribution is 6.75. The van der Waals surface area contributed by atoms with E-state index in [2.05, 4.69) is 128 Å². The molecule has 45 heavy (non-hydrogen) atoms. The Morgan fingerprint density at radius 2 is 1.11 bits per heavy atom. The van der Waals surface area contributed by atoms with Gasteiger partial charge in [0.25, 0.3) is 0 Å². The largest absolute Gasteiger partial charge is 0.478 e. The van der Waals surface area contributed by atoms with Crippen LogP contribution in [-0.4, -0.2) is 54.3 Å². The van der Waals surface area contributed by atoms with Gasteiger partial charge in [0.1, 0.15) is 0 Å². The number of carboxylic acid groups (broad SMARTS) is 1. The number of carbonyl (C=O) groups is 1. The molecule has 0 fully saturated rings. The predicted octanol–water partition coefficient (Wildman–Crippen LogP) is 11.6. The van der Waals surface area contributed by atoms with Gasteiger partial charge in [-0.05, 0) is 88.5 Å². The predicted molar refractivity (Wildman–Crippen MR) is 204 cm³/mol. The molecule has 0 aliphatic heterocycles. The summed E-state index contributed by atoms with van der Waals surface area (Å²) in [7, 11) is -6.29. The summed E-state index contributed by atoms with van der Waals surface area (Å²) in [4.78, 5) is 10.8. The average Bonchev–Trinajstić information content (AvgIpc) is 2.79. The highest BCUT2D eigenvalue weighted by Crippen LogP contribution is 2.42. The van der Waals surface area contributed by atoms with Crippen LogP contribution in [0.2, 0.25) is 54.4 Å². The first-order valence-electron chi connectivity index (χ1n) is 16.6. The smallest absolute Gasteiger partial charge is 0.328 e. The summed E-state index contributed by atoms with van der Waals surface area (Å²) >= 11 is 0. The molecule has 0 saturated carbocycles. The SMILES string of the molecule is CC(=C/C(C)=C/C=C/C(C)=C/[C@H](O[Si](C)(C)C(C)(C)C)[C@H](C[C@H](C)O[Si](C)(C)C(C)(C)C)O[Si](C)(C)C(C)(C)C)/C=C/C(=O)O. The minimum atomic E-state index is -2.16. The molecule has 0 aromatic heterocycles. The molecule has 0 amide bonds. The molecule has 5 nitrogen and oxygen atoms in total. The van der Waals surface area contributed by atoms with Crippen LogP contribution in [0.1, 0.15) is 96.4 Å². The maximum atomic E-state index is 10.8. The first kappa shape index (κ1) is 43.7. The Labute approximate surface area is 281 Å². The third-order valence-corrected chi connectivity index (χ3v) is 23.4. The molecule has 0 saturated heterocycles. The summed E-state index contributed by atoms with van der Waals surface area (Å²) in [6.07, 6.45) is 13.6. The number of rotatable bonds is 15. The maximum absolute atomic E-state index is 10.8. The summed E-state index contributed by atoms with van der Waals surface area (Å²) in [6.45, 7) is 42.8. The van der Waals surface area contributed by atoms with E-state index in [1.54, 1.807) is 6.08 Å². The molecule has 1 N–H and O–H groups in total. The number of carboxylic acids is 1. The molecule has 8 heteroatoms. The Bertz CT molecular complexity index is 1120.